The molecule has 2 heterocycles. The number of hydrogen-bond donors (Lipinski definition) is 2. The van der Waals surface area contributed by atoms with E-state index < -0.39 is 11.0 Å². The number of hydrogen-bond acceptors (Lipinski definition) is 4. The maximum absolute atomic E-state index is 12.6. The van der Waals surface area contributed by atoms with Crippen molar-refractivity contribution in [2.45, 2.75) is 65.1 Å². The molecule has 1 aliphatic heterocycles. The summed E-state index contributed by atoms with van der Waals surface area (Å²) in [4.78, 5) is 25.0. The van der Waals surface area contributed by atoms with E-state index in [1.165, 1.54) is 11.1 Å². The SMILES string of the molecule is C[C@H]1C(Nc2c[nH]n(C3CCCCO3)c(=O)c2=O)C[C@H]2C[C@@H]1C2(C)C. The Morgan fingerprint density at radius 1 is 1.28 bits per heavy atom. The molecule has 0 spiro atoms. The summed E-state index contributed by atoms with van der Waals surface area (Å²) in [6, 6.07) is 0.263. The van der Waals surface area contributed by atoms with Crippen LogP contribution in [-0.4, -0.2) is 22.4 Å². The van der Waals surface area contributed by atoms with E-state index in [1.54, 1.807) is 6.20 Å². The first-order valence-electron chi connectivity index (χ1n) is 9.62. The van der Waals surface area contributed by atoms with Crippen LogP contribution in [0.5, 0.6) is 0 Å². The maximum atomic E-state index is 12.6. The monoisotopic (exact) mass is 347 g/mol. The summed E-state index contributed by atoms with van der Waals surface area (Å²) in [6.07, 6.45) is 6.44. The molecule has 6 heteroatoms. The first-order valence-corrected chi connectivity index (χ1v) is 9.62. The van der Waals surface area contributed by atoms with Gasteiger partial charge in [-0.15, -0.1) is 0 Å². The molecule has 1 saturated heterocycles. The van der Waals surface area contributed by atoms with Gasteiger partial charge >= 0.3 is 5.56 Å². The van der Waals surface area contributed by atoms with Gasteiger partial charge < -0.3 is 10.1 Å². The number of nitrogens with one attached hydrogen (secondary N) is 2. The Labute approximate surface area is 147 Å². The van der Waals surface area contributed by atoms with E-state index in [1.807, 2.05) is 0 Å². The Morgan fingerprint density at radius 2 is 2.08 bits per heavy atom. The Bertz CT molecular complexity index is 760. The molecule has 0 aromatic carbocycles. The van der Waals surface area contributed by atoms with E-state index in [2.05, 4.69) is 31.2 Å². The first kappa shape index (κ1) is 16.9. The molecule has 0 radical (unpaired) electrons. The van der Waals surface area contributed by atoms with Gasteiger partial charge in [-0.25, -0.2) is 4.68 Å². The van der Waals surface area contributed by atoms with Crippen LogP contribution in [0, 0.1) is 23.2 Å². The fourth-order valence-corrected chi connectivity index (χ4v) is 5.27. The van der Waals surface area contributed by atoms with Gasteiger partial charge in [0.2, 0.25) is 0 Å². The highest BCUT2D eigenvalue weighted by Gasteiger charge is 2.56. The third kappa shape index (κ3) is 2.65. The molecule has 1 aromatic heterocycles. The minimum absolute atomic E-state index is 0.263. The van der Waals surface area contributed by atoms with Crippen LogP contribution in [0.2, 0.25) is 0 Å². The average Bonchev–Trinajstić information content (AvgIpc) is 2.61. The molecule has 2 N–H and O–H groups in total. The largest absolute Gasteiger partial charge is 0.377 e. The lowest BCUT2D eigenvalue weighted by Crippen LogP contribution is -2.58. The van der Waals surface area contributed by atoms with E-state index in [0.717, 1.165) is 25.7 Å². The van der Waals surface area contributed by atoms with Crippen molar-refractivity contribution in [1.82, 2.24) is 9.78 Å². The Morgan fingerprint density at radius 3 is 2.72 bits per heavy atom. The maximum Gasteiger partial charge on any atom is 0.317 e. The number of ether oxygens (including phenoxy) is 1. The molecule has 5 atom stereocenters. The standard InChI is InChI=1S/C19H29N3O3/c1-11-13-8-12(19(13,2)3)9-14(11)21-15-10-20-22(18(24)17(15)23)16-6-4-5-7-25-16/h10-14,16,20-21H,4-9H2,1-3H3/t11-,12-,13+,14?,16?/m1/s1. The van der Waals surface area contributed by atoms with E-state index in [4.69, 9.17) is 4.74 Å². The third-order valence-electron chi connectivity index (χ3n) is 7.14. The van der Waals surface area contributed by atoms with Gasteiger partial charge in [0.1, 0.15) is 5.69 Å². The van der Waals surface area contributed by atoms with Crippen LogP contribution in [0.1, 0.15) is 59.1 Å². The highest BCUT2D eigenvalue weighted by atomic mass is 16.5. The molecule has 2 bridgehead atoms. The van der Waals surface area contributed by atoms with Gasteiger partial charge in [-0.2, -0.15) is 0 Å². The van der Waals surface area contributed by atoms with Crippen LogP contribution in [0.3, 0.4) is 0 Å². The van der Waals surface area contributed by atoms with Crippen LogP contribution in [0.4, 0.5) is 5.69 Å². The molecule has 4 fully saturated rings. The smallest absolute Gasteiger partial charge is 0.317 e. The Hall–Kier alpha value is -1.56. The normalized spacial score (nSPS) is 36.5. The van der Waals surface area contributed by atoms with E-state index in [-0.39, 0.29) is 12.3 Å². The number of rotatable bonds is 3. The summed E-state index contributed by atoms with van der Waals surface area (Å²) in [5.41, 5.74) is -0.177. The van der Waals surface area contributed by atoms with Crippen molar-refractivity contribution in [3.8, 4) is 0 Å². The van der Waals surface area contributed by atoms with E-state index in [9.17, 15) is 9.59 Å². The van der Waals surface area contributed by atoms with Gasteiger partial charge in [-0.1, -0.05) is 20.8 Å². The number of H-pyrrole nitrogens is 1. The minimum Gasteiger partial charge on any atom is -0.377 e. The molecule has 0 amide bonds. The zero-order valence-electron chi connectivity index (χ0n) is 15.4. The molecular formula is C19H29N3O3. The van der Waals surface area contributed by atoms with Crippen LogP contribution in [-0.2, 0) is 4.74 Å². The fourth-order valence-electron chi connectivity index (χ4n) is 5.27. The molecule has 3 saturated carbocycles. The molecule has 4 aliphatic rings. The molecular weight excluding hydrogens is 318 g/mol. The predicted octanol–water partition coefficient (Wildman–Crippen LogP) is 2.72. The molecule has 138 valence electrons. The summed E-state index contributed by atoms with van der Waals surface area (Å²) in [5, 5.41) is 6.35. The van der Waals surface area contributed by atoms with Crippen LogP contribution in [0.25, 0.3) is 0 Å². The van der Waals surface area contributed by atoms with Crippen LogP contribution < -0.4 is 16.3 Å². The predicted molar refractivity (Wildman–Crippen MR) is 96.7 cm³/mol. The van der Waals surface area contributed by atoms with Crippen molar-refractivity contribution in [3.63, 3.8) is 0 Å². The number of nitrogens with zero attached hydrogens (tertiary/aromatic N) is 1. The second-order valence-electron chi connectivity index (χ2n) is 8.72. The third-order valence-corrected chi connectivity index (χ3v) is 7.14. The average molecular weight is 347 g/mol. The number of anilines is 1. The Kier molecular flexibility index (Phi) is 4.06. The van der Waals surface area contributed by atoms with Crippen molar-refractivity contribution >= 4 is 5.69 Å². The van der Waals surface area contributed by atoms with Gasteiger partial charge in [0, 0.05) is 18.8 Å². The van der Waals surface area contributed by atoms with Crippen molar-refractivity contribution in [2.24, 2.45) is 23.2 Å². The van der Waals surface area contributed by atoms with Gasteiger partial charge in [-0.05, 0) is 55.3 Å². The molecule has 2 unspecified atom stereocenters. The number of fused-ring (bicyclic) bond motifs is 2. The summed E-state index contributed by atoms with van der Waals surface area (Å²) in [6.45, 7) is 7.62. The van der Waals surface area contributed by atoms with Crippen LogP contribution in [0.15, 0.2) is 15.8 Å². The minimum atomic E-state index is -0.522. The zero-order valence-corrected chi connectivity index (χ0v) is 15.4. The highest BCUT2D eigenvalue weighted by Crippen LogP contribution is 2.61. The molecule has 1 aromatic rings. The number of aromatic amines is 1. The van der Waals surface area contributed by atoms with Crippen molar-refractivity contribution in [2.75, 3.05) is 11.9 Å². The van der Waals surface area contributed by atoms with Crippen LogP contribution >= 0.6 is 0 Å². The van der Waals surface area contributed by atoms with E-state index >= 15 is 0 Å². The lowest BCUT2D eigenvalue weighted by molar-refractivity contribution is -0.105. The summed E-state index contributed by atoms with van der Waals surface area (Å²) in [7, 11) is 0. The second-order valence-corrected chi connectivity index (χ2v) is 8.72. The Balaban J connectivity index is 1.53. The number of aromatic nitrogens is 2. The second kappa shape index (κ2) is 6.01. The fraction of sp³-hybridized carbons (Fsp3) is 0.789. The zero-order chi connectivity index (χ0) is 17.8. The topological polar surface area (TPSA) is 76.1 Å². The first-order chi connectivity index (χ1) is 11.9. The van der Waals surface area contributed by atoms with Crippen molar-refractivity contribution in [3.05, 3.63) is 26.8 Å². The highest BCUT2D eigenvalue weighted by molar-refractivity contribution is 5.41. The van der Waals surface area contributed by atoms with Crippen molar-refractivity contribution in [1.29, 1.82) is 0 Å². The summed E-state index contributed by atoms with van der Waals surface area (Å²) < 4.78 is 6.97. The molecule has 25 heavy (non-hydrogen) atoms. The molecule has 5 rings (SSSR count). The van der Waals surface area contributed by atoms with Gasteiger partial charge in [-0.3, -0.25) is 14.7 Å². The van der Waals surface area contributed by atoms with Gasteiger partial charge in [0.05, 0.1) is 0 Å². The van der Waals surface area contributed by atoms with Gasteiger partial charge in [0.25, 0.3) is 5.43 Å². The lowest BCUT2D eigenvalue weighted by atomic mass is 9.45. The summed E-state index contributed by atoms with van der Waals surface area (Å²) in [5.74, 6) is 1.91. The van der Waals surface area contributed by atoms with Crippen molar-refractivity contribution < 1.29 is 4.74 Å². The van der Waals surface area contributed by atoms with E-state index in [0.29, 0.717) is 35.5 Å². The van der Waals surface area contributed by atoms with Gasteiger partial charge in [0.15, 0.2) is 6.23 Å². The summed E-state index contributed by atoms with van der Waals surface area (Å²) >= 11 is 0. The quantitative estimate of drug-likeness (QED) is 0.824. The molecule has 3 aliphatic carbocycles. The molecule has 6 nitrogen and oxygen atoms in total. The lowest BCUT2D eigenvalue weighted by Gasteiger charge is -2.62.